The minimum atomic E-state index is -0.316. The molecule has 2 aliphatic rings. The van der Waals surface area contributed by atoms with Crippen LogP contribution < -0.4 is 0 Å². The van der Waals surface area contributed by atoms with E-state index in [1.54, 1.807) is 6.20 Å². The summed E-state index contributed by atoms with van der Waals surface area (Å²) in [5.41, 5.74) is 0.499. The molecule has 0 saturated carbocycles. The largest absolute Gasteiger partial charge is 0.392 e. The van der Waals surface area contributed by atoms with Crippen LogP contribution in [0.15, 0.2) is 23.4 Å². The molecule has 23 heavy (non-hydrogen) atoms. The van der Waals surface area contributed by atoms with Gasteiger partial charge in [0.15, 0.2) is 0 Å². The fourth-order valence-electron chi connectivity index (χ4n) is 3.99. The number of pyridine rings is 1. The Morgan fingerprint density at radius 2 is 2.26 bits per heavy atom. The average molecular weight is 335 g/mol. The van der Waals surface area contributed by atoms with Crippen LogP contribution in [0.2, 0.25) is 0 Å². The molecule has 1 spiro atoms. The molecule has 126 valence electrons. The molecule has 3 rings (SSSR count). The zero-order chi connectivity index (χ0) is 16.4. The summed E-state index contributed by atoms with van der Waals surface area (Å²) in [6.07, 6.45) is 6.08. The highest BCUT2D eigenvalue weighted by molar-refractivity contribution is 7.98. The van der Waals surface area contributed by atoms with E-state index in [9.17, 15) is 9.90 Å². The normalized spacial score (nSPS) is 29.0. The Labute approximate surface area is 142 Å². The van der Waals surface area contributed by atoms with Gasteiger partial charge in [-0.2, -0.15) is 0 Å². The van der Waals surface area contributed by atoms with Gasteiger partial charge >= 0.3 is 0 Å². The Balaban J connectivity index is 1.82. The topological polar surface area (TPSA) is 56.7 Å². The second kappa shape index (κ2) is 6.79. The van der Waals surface area contributed by atoms with Crippen molar-refractivity contribution in [2.24, 2.45) is 5.41 Å². The summed E-state index contributed by atoms with van der Waals surface area (Å²) in [4.78, 5) is 21.5. The number of aromatic nitrogens is 1. The number of thioether (sulfide) groups is 1. The zero-order valence-corrected chi connectivity index (χ0v) is 14.7. The Hall–Kier alpha value is -1.11. The molecule has 0 unspecified atom stereocenters. The molecule has 2 atom stereocenters. The van der Waals surface area contributed by atoms with Crippen molar-refractivity contribution in [1.29, 1.82) is 0 Å². The van der Waals surface area contributed by atoms with Gasteiger partial charge in [0.1, 0.15) is 5.03 Å². The first kappa shape index (κ1) is 16.7. The quantitative estimate of drug-likeness (QED) is 0.834. The van der Waals surface area contributed by atoms with Crippen LogP contribution in [0.25, 0.3) is 0 Å². The number of amides is 1. The number of hydrogen-bond acceptors (Lipinski definition) is 5. The second-order valence-electron chi connectivity index (χ2n) is 6.80. The van der Waals surface area contributed by atoms with Crippen LogP contribution in [0.5, 0.6) is 0 Å². The third-order valence-electron chi connectivity index (χ3n) is 5.17. The highest BCUT2D eigenvalue weighted by atomic mass is 32.2. The highest BCUT2D eigenvalue weighted by Crippen LogP contribution is 2.39. The molecular weight excluding hydrogens is 310 g/mol. The fourth-order valence-corrected chi connectivity index (χ4v) is 4.53. The first-order valence-electron chi connectivity index (χ1n) is 8.21. The number of hydrogen-bond donors (Lipinski definition) is 1. The Bertz CT molecular complexity index is 583. The monoisotopic (exact) mass is 335 g/mol. The smallest absolute Gasteiger partial charge is 0.256 e. The third kappa shape index (κ3) is 3.25. The van der Waals surface area contributed by atoms with E-state index in [1.807, 2.05) is 23.3 Å². The zero-order valence-electron chi connectivity index (χ0n) is 13.9. The molecule has 0 radical (unpaired) electrons. The molecule has 2 saturated heterocycles. The number of piperidine rings is 2. The van der Waals surface area contributed by atoms with Gasteiger partial charge in [-0.05, 0) is 44.7 Å². The lowest BCUT2D eigenvalue weighted by molar-refractivity contribution is -0.0731. The van der Waals surface area contributed by atoms with Gasteiger partial charge in [0.25, 0.3) is 5.91 Å². The highest BCUT2D eigenvalue weighted by Gasteiger charge is 2.45. The maximum absolute atomic E-state index is 13.0. The maximum atomic E-state index is 13.0. The average Bonchev–Trinajstić information content (AvgIpc) is 2.58. The van der Waals surface area contributed by atoms with Gasteiger partial charge in [0.05, 0.1) is 11.7 Å². The van der Waals surface area contributed by atoms with Crippen molar-refractivity contribution in [3.8, 4) is 0 Å². The molecule has 1 amide bonds. The van der Waals surface area contributed by atoms with Gasteiger partial charge in [0.2, 0.25) is 0 Å². The molecule has 0 aromatic carbocycles. The van der Waals surface area contributed by atoms with Crippen LogP contribution in [-0.4, -0.2) is 71.4 Å². The minimum absolute atomic E-state index is 0.0435. The van der Waals surface area contributed by atoms with E-state index in [2.05, 4.69) is 16.9 Å². The second-order valence-corrected chi connectivity index (χ2v) is 7.59. The standard InChI is InChI=1S/C17H25N3O2S/c1-19-10-6-14(21)17(11-19)7-4-9-20(12-17)16(22)13-5-3-8-18-15(13)23-2/h3,5,8,14,21H,4,6-7,9-12H2,1-2H3/t14-,17-/m0/s1. The Morgan fingerprint density at radius 3 is 3.04 bits per heavy atom. The van der Waals surface area contributed by atoms with Crippen LogP contribution >= 0.6 is 11.8 Å². The van der Waals surface area contributed by atoms with Gasteiger partial charge in [-0.1, -0.05) is 0 Å². The lowest BCUT2D eigenvalue weighted by Gasteiger charge is -2.50. The van der Waals surface area contributed by atoms with Crippen LogP contribution in [0, 0.1) is 5.41 Å². The van der Waals surface area contributed by atoms with E-state index in [4.69, 9.17) is 0 Å². The molecule has 2 fully saturated rings. The van der Waals surface area contributed by atoms with Crippen molar-refractivity contribution in [2.45, 2.75) is 30.4 Å². The van der Waals surface area contributed by atoms with Gasteiger partial charge in [0, 0.05) is 37.8 Å². The molecular formula is C17H25N3O2S. The lowest BCUT2D eigenvalue weighted by atomic mass is 9.71. The molecule has 2 aliphatic heterocycles. The van der Waals surface area contributed by atoms with Crippen LogP contribution in [-0.2, 0) is 0 Å². The van der Waals surface area contributed by atoms with Crippen molar-refractivity contribution in [3.63, 3.8) is 0 Å². The first-order chi connectivity index (χ1) is 11.1. The predicted octanol–water partition coefficient (Wildman–Crippen LogP) is 1.72. The molecule has 1 N–H and O–H groups in total. The number of aliphatic hydroxyl groups excluding tert-OH is 1. The van der Waals surface area contributed by atoms with E-state index < -0.39 is 0 Å². The summed E-state index contributed by atoms with van der Waals surface area (Å²) in [7, 11) is 2.10. The fraction of sp³-hybridized carbons (Fsp3) is 0.647. The van der Waals surface area contributed by atoms with Crippen LogP contribution in [0.3, 0.4) is 0 Å². The number of carbonyl (C=O) groups excluding carboxylic acids is 1. The summed E-state index contributed by atoms with van der Waals surface area (Å²) in [5, 5.41) is 11.4. The molecule has 1 aromatic rings. The van der Waals surface area contributed by atoms with Crippen molar-refractivity contribution in [1.82, 2.24) is 14.8 Å². The van der Waals surface area contributed by atoms with E-state index in [1.165, 1.54) is 11.8 Å². The third-order valence-corrected chi connectivity index (χ3v) is 5.88. The van der Waals surface area contributed by atoms with Crippen LogP contribution in [0.1, 0.15) is 29.6 Å². The lowest BCUT2D eigenvalue weighted by Crippen LogP contribution is -2.59. The molecule has 0 bridgehead atoms. The van der Waals surface area contributed by atoms with Crippen molar-refractivity contribution < 1.29 is 9.90 Å². The summed E-state index contributed by atoms with van der Waals surface area (Å²) in [6.45, 7) is 3.19. The Morgan fingerprint density at radius 1 is 1.43 bits per heavy atom. The molecule has 6 heteroatoms. The Kier molecular flexibility index (Phi) is 4.94. The van der Waals surface area contributed by atoms with Crippen molar-refractivity contribution >= 4 is 17.7 Å². The van der Waals surface area contributed by atoms with E-state index >= 15 is 0 Å². The summed E-state index contributed by atoms with van der Waals surface area (Å²) >= 11 is 1.50. The number of aliphatic hydroxyl groups is 1. The SMILES string of the molecule is CSc1ncccc1C(=O)N1CCC[C@]2(CN(C)CC[C@@H]2O)C1. The predicted molar refractivity (Wildman–Crippen MR) is 91.7 cm³/mol. The van der Waals surface area contributed by atoms with Gasteiger partial charge in [-0.15, -0.1) is 11.8 Å². The number of rotatable bonds is 2. The van der Waals surface area contributed by atoms with Crippen molar-refractivity contribution in [3.05, 3.63) is 23.9 Å². The minimum Gasteiger partial charge on any atom is -0.392 e. The van der Waals surface area contributed by atoms with E-state index in [0.717, 1.165) is 43.9 Å². The van der Waals surface area contributed by atoms with Crippen LogP contribution in [0.4, 0.5) is 0 Å². The van der Waals surface area contributed by atoms with E-state index in [0.29, 0.717) is 12.1 Å². The molecule has 3 heterocycles. The van der Waals surface area contributed by atoms with Gasteiger partial charge in [-0.3, -0.25) is 4.79 Å². The summed E-state index contributed by atoms with van der Waals surface area (Å²) in [6, 6.07) is 3.67. The molecule has 5 nitrogen and oxygen atoms in total. The summed E-state index contributed by atoms with van der Waals surface area (Å²) < 4.78 is 0. The maximum Gasteiger partial charge on any atom is 0.256 e. The number of carbonyl (C=O) groups is 1. The van der Waals surface area contributed by atoms with E-state index in [-0.39, 0.29) is 17.4 Å². The number of nitrogens with zero attached hydrogens (tertiary/aromatic N) is 3. The molecule has 0 aliphatic carbocycles. The van der Waals surface area contributed by atoms with Gasteiger partial charge < -0.3 is 14.9 Å². The molecule has 1 aromatic heterocycles. The summed E-state index contributed by atoms with van der Waals surface area (Å²) in [5.74, 6) is 0.0435. The van der Waals surface area contributed by atoms with Gasteiger partial charge in [-0.25, -0.2) is 4.98 Å². The van der Waals surface area contributed by atoms with Crippen molar-refractivity contribution in [2.75, 3.05) is 39.5 Å². The number of likely N-dealkylation sites (tertiary alicyclic amines) is 2. The first-order valence-corrected chi connectivity index (χ1v) is 9.43.